The quantitative estimate of drug-likeness (QED) is 0.829. The van der Waals surface area contributed by atoms with E-state index in [9.17, 15) is 9.90 Å². The van der Waals surface area contributed by atoms with Crippen LogP contribution in [-0.2, 0) is 0 Å². The van der Waals surface area contributed by atoms with E-state index in [1.165, 1.54) is 12.1 Å². The molecule has 0 radical (unpaired) electrons. The van der Waals surface area contributed by atoms with Crippen LogP contribution in [-0.4, -0.2) is 21.2 Å². The second-order valence-corrected chi connectivity index (χ2v) is 3.72. The highest BCUT2D eigenvalue weighted by molar-refractivity contribution is 5.92. The number of hydrogen-bond acceptors (Lipinski definition) is 3. The van der Waals surface area contributed by atoms with Gasteiger partial charge in [0.2, 0.25) is 0 Å². The fourth-order valence-corrected chi connectivity index (χ4v) is 1.61. The van der Waals surface area contributed by atoms with Gasteiger partial charge in [0.05, 0.1) is 0 Å². The third-order valence-electron chi connectivity index (χ3n) is 2.46. The van der Waals surface area contributed by atoms with E-state index in [2.05, 4.69) is 4.98 Å². The summed E-state index contributed by atoms with van der Waals surface area (Å²) in [5.74, 6) is -1.37. The van der Waals surface area contributed by atoms with Crippen molar-refractivity contribution in [2.75, 3.05) is 0 Å². The van der Waals surface area contributed by atoms with Gasteiger partial charge in [0.15, 0.2) is 0 Å². The topological polar surface area (TPSA) is 70.4 Å². The third kappa shape index (κ3) is 2.25. The average Bonchev–Trinajstić information content (AvgIpc) is 2.29. The van der Waals surface area contributed by atoms with Crippen LogP contribution in [0.1, 0.15) is 16.1 Å². The number of aromatic carboxylic acids is 1. The normalized spacial score (nSPS) is 10.2. The molecule has 4 heteroatoms. The molecular formula is C13H11NO3. The average molecular weight is 229 g/mol. The molecule has 1 aromatic heterocycles. The molecule has 0 saturated heterocycles. The summed E-state index contributed by atoms with van der Waals surface area (Å²) in [6.07, 6.45) is 1.66. The van der Waals surface area contributed by atoms with E-state index < -0.39 is 5.97 Å². The Morgan fingerprint density at radius 1 is 1.18 bits per heavy atom. The predicted molar refractivity (Wildman–Crippen MR) is 63.0 cm³/mol. The van der Waals surface area contributed by atoms with Crippen molar-refractivity contribution in [2.45, 2.75) is 6.92 Å². The lowest BCUT2D eigenvalue weighted by molar-refractivity contribution is 0.0694. The van der Waals surface area contributed by atoms with Crippen LogP contribution in [0, 0.1) is 6.92 Å². The molecule has 0 amide bonds. The maximum atomic E-state index is 10.9. The SMILES string of the molecule is Cc1cc(-c2ccc(O)c(C(=O)O)c2)ccn1. The largest absolute Gasteiger partial charge is 0.507 e. The van der Waals surface area contributed by atoms with Crippen molar-refractivity contribution >= 4 is 5.97 Å². The van der Waals surface area contributed by atoms with E-state index >= 15 is 0 Å². The fourth-order valence-electron chi connectivity index (χ4n) is 1.61. The van der Waals surface area contributed by atoms with Crippen molar-refractivity contribution < 1.29 is 15.0 Å². The van der Waals surface area contributed by atoms with Gasteiger partial charge in [-0.15, -0.1) is 0 Å². The lowest BCUT2D eigenvalue weighted by Crippen LogP contribution is -1.97. The zero-order valence-electron chi connectivity index (χ0n) is 9.21. The lowest BCUT2D eigenvalue weighted by atomic mass is 10.0. The molecule has 4 nitrogen and oxygen atoms in total. The Balaban J connectivity index is 2.54. The van der Waals surface area contributed by atoms with Gasteiger partial charge in [0.25, 0.3) is 0 Å². The van der Waals surface area contributed by atoms with Gasteiger partial charge in [0, 0.05) is 11.9 Å². The highest BCUT2D eigenvalue weighted by Gasteiger charge is 2.10. The Kier molecular flexibility index (Phi) is 2.78. The molecule has 0 atom stereocenters. The van der Waals surface area contributed by atoms with Crippen molar-refractivity contribution in [3.63, 3.8) is 0 Å². The Hall–Kier alpha value is -2.36. The van der Waals surface area contributed by atoms with Crippen LogP contribution in [0.5, 0.6) is 5.75 Å². The number of aromatic nitrogens is 1. The first-order chi connectivity index (χ1) is 8.08. The highest BCUT2D eigenvalue weighted by atomic mass is 16.4. The molecule has 2 N–H and O–H groups in total. The molecule has 1 aromatic carbocycles. The number of nitrogens with zero attached hydrogens (tertiary/aromatic N) is 1. The summed E-state index contributed by atoms with van der Waals surface area (Å²) in [6, 6.07) is 8.17. The fraction of sp³-hybridized carbons (Fsp3) is 0.0769. The summed E-state index contributed by atoms with van der Waals surface area (Å²) in [7, 11) is 0. The minimum Gasteiger partial charge on any atom is -0.507 e. The second-order valence-electron chi connectivity index (χ2n) is 3.72. The summed E-state index contributed by atoms with van der Waals surface area (Å²) < 4.78 is 0. The van der Waals surface area contributed by atoms with Crippen LogP contribution < -0.4 is 0 Å². The van der Waals surface area contributed by atoms with Gasteiger partial charge in [-0.25, -0.2) is 4.79 Å². The molecule has 0 fully saturated rings. The molecule has 0 spiro atoms. The van der Waals surface area contributed by atoms with Crippen LogP contribution >= 0.6 is 0 Å². The number of benzene rings is 1. The van der Waals surface area contributed by atoms with Crippen LogP contribution in [0.15, 0.2) is 36.5 Å². The zero-order valence-corrected chi connectivity index (χ0v) is 9.21. The first-order valence-electron chi connectivity index (χ1n) is 5.07. The molecule has 0 aliphatic heterocycles. The number of carbonyl (C=O) groups is 1. The molecule has 1 heterocycles. The highest BCUT2D eigenvalue weighted by Crippen LogP contribution is 2.25. The van der Waals surface area contributed by atoms with Crippen molar-refractivity contribution in [2.24, 2.45) is 0 Å². The monoisotopic (exact) mass is 229 g/mol. The van der Waals surface area contributed by atoms with Crippen LogP contribution in [0.2, 0.25) is 0 Å². The van der Waals surface area contributed by atoms with E-state index in [0.717, 1.165) is 16.8 Å². The molecular weight excluding hydrogens is 218 g/mol. The molecule has 86 valence electrons. The van der Waals surface area contributed by atoms with Crippen molar-refractivity contribution in [1.29, 1.82) is 0 Å². The molecule has 0 aliphatic rings. The second kappa shape index (κ2) is 4.25. The van der Waals surface area contributed by atoms with E-state index in [1.807, 2.05) is 13.0 Å². The van der Waals surface area contributed by atoms with Crippen molar-refractivity contribution in [1.82, 2.24) is 4.98 Å². The molecule has 2 aromatic rings. The number of aryl methyl sites for hydroxylation is 1. The predicted octanol–water partition coefficient (Wildman–Crippen LogP) is 2.46. The van der Waals surface area contributed by atoms with E-state index in [4.69, 9.17) is 5.11 Å². The van der Waals surface area contributed by atoms with E-state index in [0.29, 0.717) is 0 Å². The van der Waals surface area contributed by atoms with Gasteiger partial charge in [0.1, 0.15) is 11.3 Å². The van der Waals surface area contributed by atoms with Gasteiger partial charge < -0.3 is 10.2 Å². The van der Waals surface area contributed by atoms with E-state index in [-0.39, 0.29) is 11.3 Å². The molecule has 0 unspecified atom stereocenters. The van der Waals surface area contributed by atoms with Crippen LogP contribution in [0.4, 0.5) is 0 Å². The zero-order chi connectivity index (χ0) is 12.4. The first-order valence-corrected chi connectivity index (χ1v) is 5.07. The molecule has 0 aliphatic carbocycles. The maximum Gasteiger partial charge on any atom is 0.339 e. The van der Waals surface area contributed by atoms with Crippen molar-refractivity contribution in [3.05, 3.63) is 47.8 Å². The van der Waals surface area contributed by atoms with E-state index in [1.54, 1.807) is 18.3 Å². The minimum absolute atomic E-state index is 0.100. The summed E-state index contributed by atoms with van der Waals surface area (Å²) in [5, 5.41) is 18.3. The Labute approximate surface area is 98.2 Å². The van der Waals surface area contributed by atoms with Crippen LogP contribution in [0.25, 0.3) is 11.1 Å². The summed E-state index contributed by atoms with van der Waals surface area (Å²) in [4.78, 5) is 15.0. The van der Waals surface area contributed by atoms with Gasteiger partial charge in [-0.3, -0.25) is 4.98 Å². The maximum absolute atomic E-state index is 10.9. The minimum atomic E-state index is -1.14. The number of rotatable bonds is 2. The molecule has 2 rings (SSSR count). The Bertz CT molecular complexity index is 579. The van der Waals surface area contributed by atoms with Crippen LogP contribution in [0.3, 0.4) is 0 Å². The number of hydrogen-bond donors (Lipinski definition) is 2. The van der Waals surface area contributed by atoms with Gasteiger partial charge in [-0.1, -0.05) is 6.07 Å². The van der Waals surface area contributed by atoms with Gasteiger partial charge in [-0.05, 0) is 42.3 Å². The first kappa shape index (κ1) is 11.1. The summed E-state index contributed by atoms with van der Waals surface area (Å²) >= 11 is 0. The van der Waals surface area contributed by atoms with Gasteiger partial charge in [-0.2, -0.15) is 0 Å². The standard InChI is InChI=1S/C13H11NO3/c1-8-6-10(4-5-14-8)9-2-3-12(15)11(7-9)13(16)17/h2-7,15H,1H3,(H,16,17). The lowest BCUT2D eigenvalue weighted by Gasteiger charge is -2.05. The van der Waals surface area contributed by atoms with Gasteiger partial charge >= 0.3 is 5.97 Å². The molecule has 0 bridgehead atoms. The Morgan fingerprint density at radius 2 is 1.88 bits per heavy atom. The number of carboxylic acid groups (broad SMARTS) is 1. The number of pyridine rings is 1. The smallest absolute Gasteiger partial charge is 0.339 e. The number of carboxylic acids is 1. The molecule has 0 saturated carbocycles. The van der Waals surface area contributed by atoms with Crippen molar-refractivity contribution in [3.8, 4) is 16.9 Å². The third-order valence-corrected chi connectivity index (χ3v) is 2.46. The summed E-state index contributed by atoms with van der Waals surface area (Å²) in [5.41, 5.74) is 2.37. The Morgan fingerprint density at radius 3 is 2.53 bits per heavy atom. The number of phenols is 1. The molecule has 17 heavy (non-hydrogen) atoms. The number of aromatic hydroxyl groups is 1. The summed E-state index contributed by atoms with van der Waals surface area (Å²) in [6.45, 7) is 1.86.